The number of carbonyl (C=O) groups is 1. The molecular weight excluding hydrogens is 329 g/mol. The van der Waals surface area contributed by atoms with Gasteiger partial charge in [0.2, 0.25) is 0 Å². The molecule has 1 N–H and O–H groups in total. The van der Waals surface area contributed by atoms with Crippen molar-refractivity contribution < 1.29 is 23.1 Å². The van der Waals surface area contributed by atoms with Gasteiger partial charge in [-0.3, -0.25) is 0 Å². The molecule has 1 aromatic heterocycles. The third-order valence-electron chi connectivity index (χ3n) is 2.27. The Kier molecular flexibility index (Phi) is 3.36. The summed E-state index contributed by atoms with van der Waals surface area (Å²) in [5.41, 5.74) is -1.68. The van der Waals surface area contributed by atoms with E-state index in [-0.39, 0.29) is 5.69 Å². The van der Waals surface area contributed by atoms with Crippen LogP contribution in [0.5, 0.6) is 0 Å². The Balaban J connectivity index is 2.64. The molecule has 1 aromatic carbocycles. The van der Waals surface area contributed by atoms with Crippen LogP contribution in [-0.4, -0.2) is 20.9 Å². The van der Waals surface area contributed by atoms with E-state index in [9.17, 15) is 18.0 Å². The van der Waals surface area contributed by atoms with Crippen molar-refractivity contribution in [2.45, 2.75) is 6.18 Å². The number of hydrogen-bond acceptors (Lipinski definition) is 2. The van der Waals surface area contributed by atoms with Crippen LogP contribution in [0.3, 0.4) is 0 Å². The monoisotopic (exact) mass is 334 g/mol. The summed E-state index contributed by atoms with van der Waals surface area (Å²) >= 11 is 3.13. The van der Waals surface area contributed by atoms with Crippen molar-refractivity contribution in [3.63, 3.8) is 0 Å². The number of hydrogen-bond donors (Lipinski definition) is 1. The zero-order valence-electron chi connectivity index (χ0n) is 9.15. The molecule has 0 aliphatic heterocycles. The van der Waals surface area contributed by atoms with Crippen LogP contribution in [0, 0.1) is 0 Å². The van der Waals surface area contributed by atoms with Gasteiger partial charge in [-0.25, -0.2) is 9.48 Å². The van der Waals surface area contributed by atoms with E-state index in [0.29, 0.717) is 15.2 Å². The second-order valence-corrected chi connectivity index (χ2v) is 4.53. The van der Waals surface area contributed by atoms with Crippen LogP contribution < -0.4 is 0 Å². The van der Waals surface area contributed by atoms with E-state index in [4.69, 9.17) is 5.11 Å². The Hall–Kier alpha value is -1.83. The summed E-state index contributed by atoms with van der Waals surface area (Å²) in [6.45, 7) is 0. The summed E-state index contributed by atoms with van der Waals surface area (Å²) in [6, 6.07) is 6.48. The number of alkyl halides is 3. The Labute approximate surface area is 113 Å². The molecule has 19 heavy (non-hydrogen) atoms. The number of halogens is 4. The molecule has 0 amide bonds. The van der Waals surface area contributed by atoms with Gasteiger partial charge in [0.05, 0.1) is 5.69 Å². The summed E-state index contributed by atoms with van der Waals surface area (Å²) in [7, 11) is 0. The topological polar surface area (TPSA) is 55.1 Å². The van der Waals surface area contributed by atoms with Gasteiger partial charge in [0.25, 0.3) is 0 Å². The fourth-order valence-corrected chi connectivity index (χ4v) is 1.88. The standard InChI is InChI=1S/C11H6BrF3N2O2/c12-6-2-1-3-7(4-6)17-9(11(13,14)15)5-8(16-17)10(18)19/h1-5H,(H,18,19). The number of benzene rings is 1. The van der Waals surface area contributed by atoms with E-state index in [1.54, 1.807) is 6.07 Å². The lowest BCUT2D eigenvalue weighted by molar-refractivity contribution is -0.142. The minimum absolute atomic E-state index is 0.120. The van der Waals surface area contributed by atoms with Gasteiger partial charge in [-0.15, -0.1) is 0 Å². The van der Waals surface area contributed by atoms with E-state index in [1.165, 1.54) is 18.2 Å². The van der Waals surface area contributed by atoms with Crippen molar-refractivity contribution in [2.75, 3.05) is 0 Å². The number of rotatable bonds is 2. The van der Waals surface area contributed by atoms with Crippen molar-refractivity contribution in [1.82, 2.24) is 9.78 Å². The Bertz CT molecular complexity index is 637. The molecule has 0 radical (unpaired) electrons. The molecule has 0 saturated heterocycles. The summed E-state index contributed by atoms with van der Waals surface area (Å²) < 4.78 is 39.7. The lowest BCUT2D eigenvalue weighted by atomic mass is 10.3. The van der Waals surface area contributed by atoms with Crippen LogP contribution in [-0.2, 0) is 6.18 Å². The second kappa shape index (κ2) is 4.69. The first-order chi connectivity index (χ1) is 8.79. The van der Waals surface area contributed by atoms with Gasteiger partial charge in [-0.05, 0) is 18.2 Å². The van der Waals surface area contributed by atoms with Gasteiger partial charge >= 0.3 is 12.1 Å². The normalized spacial score (nSPS) is 11.6. The van der Waals surface area contributed by atoms with Gasteiger partial charge in [-0.2, -0.15) is 18.3 Å². The van der Waals surface area contributed by atoms with Gasteiger partial charge in [0.15, 0.2) is 5.69 Å². The van der Waals surface area contributed by atoms with E-state index in [2.05, 4.69) is 21.0 Å². The molecule has 0 unspecified atom stereocenters. The summed E-state index contributed by atoms with van der Waals surface area (Å²) in [5, 5.41) is 12.2. The van der Waals surface area contributed by atoms with Gasteiger partial charge < -0.3 is 5.11 Å². The highest BCUT2D eigenvalue weighted by Gasteiger charge is 2.37. The second-order valence-electron chi connectivity index (χ2n) is 3.61. The fourth-order valence-electron chi connectivity index (χ4n) is 1.49. The van der Waals surface area contributed by atoms with Crippen molar-refractivity contribution in [3.05, 3.63) is 46.2 Å². The van der Waals surface area contributed by atoms with E-state index in [0.717, 1.165) is 0 Å². The highest BCUT2D eigenvalue weighted by atomic mass is 79.9. The molecule has 0 bridgehead atoms. The maximum absolute atomic E-state index is 12.8. The molecule has 0 atom stereocenters. The predicted octanol–water partition coefficient (Wildman–Crippen LogP) is 3.35. The van der Waals surface area contributed by atoms with Crippen LogP contribution >= 0.6 is 15.9 Å². The molecule has 100 valence electrons. The first-order valence-electron chi connectivity index (χ1n) is 4.95. The average Bonchev–Trinajstić information content (AvgIpc) is 2.73. The SMILES string of the molecule is O=C(O)c1cc(C(F)(F)F)n(-c2cccc(Br)c2)n1. The van der Waals surface area contributed by atoms with Crippen LogP contribution in [0.4, 0.5) is 13.2 Å². The number of aromatic nitrogens is 2. The lowest BCUT2D eigenvalue weighted by Gasteiger charge is -2.10. The van der Waals surface area contributed by atoms with Crippen molar-refractivity contribution in [3.8, 4) is 5.69 Å². The van der Waals surface area contributed by atoms with Crippen LogP contribution in [0.2, 0.25) is 0 Å². The molecule has 0 saturated carbocycles. The molecule has 0 fully saturated rings. The highest BCUT2D eigenvalue weighted by molar-refractivity contribution is 9.10. The van der Waals surface area contributed by atoms with Crippen molar-refractivity contribution in [2.24, 2.45) is 0 Å². The fraction of sp³-hybridized carbons (Fsp3) is 0.0909. The minimum Gasteiger partial charge on any atom is -0.476 e. The molecule has 2 aromatic rings. The Morgan fingerprint density at radius 2 is 2.00 bits per heavy atom. The third kappa shape index (κ3) is 2.78. The van der Waals surface area contributed by atoms with Crippen molar-refractivity contribution >= 4 is 21.9 Å². The third-order valence-corrected chi connectivity index (χ3v) is 2.76. The Morgan fingerprint density at radius 1 is 1.32 bits per heavy atom. The smallest absolute Gasteiger partial charge is 0.433 e. The van der Waals surface area contributed by atoms with Gasteiger partial charge in [0.1, 0.15) is 5.69 Å². The lowest BCUT2D eigenvalue weighted by Crippen LogP contribution is -2.13. The molecule has 4 nitrogen and oxygen atoms in total. The molecular formula is C11H6BrF3N2O2. The number of carboxylic acid groups (broad SMARTS) is 1. The molecule has 1 heterocycles. The zero-order valence-corrected chi connectivity index (χ0v) is 10.7. The first-order valence-corrected chi connectivity index (χ1v) is 5.75. The summed E-state index contributed by atoms with van der Waals surface area (Å²) in [4.78, 5) is 10.7. The van der Waals surface area contributed by atoms with Crippen LogP contribution in [0.15, 0.2) is 34.8 Å². The molecule has 2 rings (SSSR count). The quantitative estimate of drug-likeness (QED) is 0.916. The van der Waals surface area contributed by atoms with Gasteiger partial charge in [0, 0.05) is 10.5 Å². The molecule has 0 spiro atoms. The summed E-state index contributed by atoms with van der Waals surface area (Å²) in [6.07, 6.45) is -4.69. The largest absolute Gasteiger partial charge is 0.476 e. The van der Waals surface area contributed by atoms with Crippen molar-refractivity contribution in [1.29, 1.82) is 0 Å². The Morgan fingerprint density at radius 3 is 2.53 bits per heavy atom. The number of carboxylic acids is 1. The van der Waals surface area contributed by atoms with Gasteiger partial charge in [-0.1, -0.05) is 22.0 Å². The minimum atomic E-state index is -4.69. The maximum atomic E-state index is 12.8. The maximum Gasteiger partial charge on any atom is 0.433 e. The number of nitrogens with zero attached hydrogens (tertiary/aromatic N) is 2. The molecule has 8 heteroatoms. The highest BCUT2D eigenvalue weighted by Crippen LogP contribution is 2.32. The predicted molar refractivity (Wildman–Crippen MR) is 63.2 cm³/mol. The summed E-state index contributed by atoms with van der Waals surface area (Å²) in [5.74, 6) is -1.51. The number of aromatic carboxylic acids is 1. The van der Waals surface area contributed by atoms with E-state index < -0.39 is 23.5 Å². The van der Waals surface area contributed by atoms with Crippen LogP contribution in [0.1, 0.15) is 16.2 Å². The average molecular weight is 335 g/mol. The molecule has 0 aliphatic rings. The molecule has 0 aliphatic carbocycles. The van der Waals surface area contributed by atoms with E-state index >= 15 is 0 Å². The van der Waals surface area contributed by atoms with Crippen LogP contribution in [0.25, 0.3) is 5.69 Å². The first kappa shape index (κ1) is 13.6. The van der Waals surface area contributed by atoms with E-state index in [1.807, 2.05) is 0 Å². The zero-order chi connectivity index (χ0) is 14.2.